The van der Waals surface area contributed by atoms with Crippen LogP contribution in [0.2, 0.25) is 5.02 Å². The zero-order valence-electron chi connectivity index (χ0n) is 12.3. The molecule has 3 rings (SSSR count). The van der Waals surface area contributed by atoms with E-state index in [-0.39, 0.29) is 6.54 Å². The highest BCUT2D eigenvalue weighted by atomic mass is 35.5. The number of hydrogen-bond donors (Lipinski definition) is 2. The lowest BCUT2D eigenvalue weighted by molar-refractivity contribution is -0.122. The molecule has 0 aliphatic rings. The van der Waals surface area contributed by atoms with Crippen molar-refractivity contribution in [1.29, 1.82) is 0 Å². The Hall–Kier alpha value is -3.06. The van der Waals surface area contributed by atoms with Crippen molar-refractivity contribution >= 4 is 34.5 Å². The minimum absolute atomic E-state index is 0.286. The molecular formula is C16H12ClN3O4. The van der Waals surface area contributed by atoms with E-state index in [9.17, 15) is 14.4 Å². The summed E-state index contributed by atoms with van der Waals surface area (Å²) in [6.07, 6.45) is 0. The van der Waals surface area contributed by atoms with Gasteiger partial charge in [0.05, 0.1) is 5.52 Å². The molecular weight excluding hydrogens is 334 g/mol. The van der Waals surface area contributed by atoms with Crippen LogP contribution in [0.25, 0.3) is 11.1 Å². The quantitative estimate of drug-likeness (QED) is 0.707. The molecule has 2 N–H and O–H groups in total. The summed E-state index contributed by atoms with van der Waals surface area (Å²) in [6.45, 7) is -0.286. The van der Waals surface area contributed by atoms with E-state index >= 15 is 0 Å². The lowest BCUT2D eigenvalue weighted by Crippen LogP contribution is -2.43. The first-order valence-electron chi connectivity index (χ1n) is 6.98. The second-order valence-electron chi connectivity index (χ2n) is 4.93. The summed E-state index contributed by atoms with van der Waals surface area (Å²) in [5, 5.41) is 0.408. The number of hydrazine groups is 1. The van der Waals surface area contributed by atoms with Crippen molar-refractivity contribution in [3.05, 3.63) is 69.7 Å². The maximum absolute atomic E-state index is 12.0. The molecule has 7 nitrogen and oxygen atoms in total. The Labute approximate surface area is 140 Å². The van der Waals surface area contributed by atoms with Gasteiger partial charge >= 0.3 is 5.76 Å². The zero-order valence-corrected chi connectivity index (χ0v) is 13.0. The molecule has 0 atom stereocenters. The molecule has 1 aromatic heterocycles. The smallest absolute Gasteiger partial charge is 0.408 e. The van der Waals surface area contributed by atoms with Gasteiger partial charge in [-0.3, -0.25) is 25.0 Å². The summed E-state index contributed by atoms with van der Waals surface area (Å²) >= 11 is 5.80. The van der Waals surface area contributed by atoms with E-state index < -0.39 is 17.6 Å². The number of benzene rings is 2. The lowest BCUT2D eigenvalue weighted by atomic mass is 10.2. The third-order valence-electron chi connectivity index (χ3n) is 3.28. The normalized spacial score (nSPS) is 10.5. The highest BCUT2D eigenvalue weighted by Gasteiger charge is 2.13. The Bertz CT molecular complexity index is 977. The van der Waals surface area contributed by atoms with Crippen molar-refractivity contribution in [2.75, 3.05) is 0 Å². The van der Waals surface area contributed by atoms with Gasteiger partial charge in [-0.2, -0.15) is 0 Å². The fourth-order valence-corrected chi connectivity index (χ4v) is 2.37. The average molecular weight is 346 g/mol. The second-order valence-corrected chi connectivity index (χ2v) is 5.37. The number of carbonyl (C=O) groups is 2. The van der Waals surface area contributed by atoms with Crippen LogP contribution in [0, 0.1) is 0 Å². The van der Waals surface area contributed by atoms with Gasteiger partial charge in [0.25, 0.3) is 11.8 Å². The van der Waals surface area contributed by atoms with E-state index in [4.69, 9.17) is 16.0 Å². The van der Waals surface area contributed by atoms with Gasteiger partial charge in [0.1, 0.15) is 6.54 Å². The average Bonchev–Trinajstić information content (AvgIpc) is 2.88. The number of oxazole rings is 1. The maximum Gasteiger partial charge on any atom is 0.420 e. The Morgan fingerprint density at radius 3 is 2.67 bits per heavy atom. The van der Waals surface area contributed by atoms with E-state index in [1.54, 1.807) is 42.5 Å². The van der Waals surface area contributed by atoms with Gasteiger partial charge in [-0.05, 0) is 30.3 Å². The molecule has 0 fully saturated rings. The molecule has 0 aliphatic heterocycles. The molecule has 0 bridgehead atoms. The number of nitrogens with zero attached hydrogens (tertiary/aromatic N) is 1. The molecule has 8 heteroatoms. The van der Waals surface area contributed by atoms with Gasteiger partial charge in [0, 0.05) is 10.6 Å². The van der Waals surface area contributed by atoms with Gasteiger partial charge in [0.2, 0.25) is 0 Å². The first-order valence-corrected chi connectivity index (χ1v) is 7.35. The molecule has 0 saturated heterocycles. The highest BCUT2D eigenvalue weighted by molar-refractivity contribution is 6.30. The minimum Gasteiger partial charge on any atom is -0.408 e. The topological polar surface area (TPSA) is 93.3 Å². The second kappa shape index (κ2) is 6.59. The van der Waals surface area contributed by atoms with E-state index in [1.807, 2.05) is 0 Å². The fraction of sp³-hybridized carbons (Fsp3) is 0.0625. The van der Waals surface area contributed by atoms with Crippen LogP contribution >= 0.6 is 11.6 Å². The van der Waals surface area contributed by atoms with Gasteiger partial charge < -0.3 is 4.42 Å². The number of fused-ring (bicyclic) bond motifs is 1. The largest absolute Gasteiger partial charge is 0.420 e. The molecule has 0 spiro atoms. The van der Waals surface area contributed by atoms with E-state index in [0.717, 1.165) is 0 Å². The Kier molecular flexibility index (Phi) is 4.35. The van der Waals surface area contributed by atoms with Crippen molar-refractivity contribution in [1.82, 2.24) is 15.4 Å². The first-order chi connectivity index (χ1) is 11.5. The van der Waals surface area contributed by atoms with E-state index in [0.29, 0.717) is 21.7 Å². The van der Waals surface area contributed by atoms with E-state index in [1.165, 1.54) is 10.6 Å². The Morgan fingerprint density at radius 1 is 1.08 bits per heavy atom. The SMILES string of the molecule is O=C(Cn1c(=O)oc2ccccc21)NNC(=O)c1cccc(Cl)c1. The number of hydrogen-bond acceptors (Lipinski definition) is 4. The Morgan fingerprint density at radius 2 is 1.88 bits per heavy atom. The molecule has 24 heavy (non-hydrogen) atoms. The van der Waals surface area contributed by atoms with Crippen molar-refractivity contribution in [3.8, 4) is 0 Å². The number of para-hydroxylation sites is 2. The number of amides is 2. The molecule has 122 valence electrons. The summed E-state index contributed by atoms with van der Waals surface area (Å²) < 4.78 is 6.21. The number of aromatic nitrogens is 1. The third kappa shape index (κ3) is 3.31. The van der Waals surface area contributed by atoms with Gasteiger partial charge in [-0.25, -0.2) is 4.79 Å². The van der Waals surface area contributed by atoms with Crippen LogP contribution in [0.1, 0.15) is 10.4 Å². The Balaban J connectivity index is 1.66. The van der Waals surface area contributed by atoms with Crippen LogP contribution < -0.4 is 16.6 Å². The molecule has 0 aliphatic carbocycles. The van der Waals surface area contributed by atoms with Gasteiger partial charge in [-0.15, -0.1) is 0 Å². The molecule has 2 amide bonds. The summed E-state index contributed by atoms with van der Waals surface area (Å²) in [4.78, 5) is 35.7. The van der Waals surface area contributed by atoms with Crippen LogP contribution in [0.4, 0.5) is 0 Å². The summed E-state index contributed by atoms with van der Waals surface area (Å²) in [5.41, 5.74) is 5.70. The standard InChI is InChI=1S/C16H12ClN3O4/c17-11-5-3-4-10(8-11)15(22)19-18-14(21)9-20-12-6-1-2-7-13(12)24-16(20)23/h1-8H,9H2,(H,18,21)(H,19,22). The van der Waals surface area contributed by atoms with Crippen molar-refractivity contribution < 1.29 is 14.0 Å². The predicted octanol–water partition coefficient (Wildman–Crippen LogP) is 1.71. The van der Waals surface area contributed by atoms with Crippen LogP contribution in [0.3, 0.4) is 0 Å². The summed E-state index contributed by atoms with van der Waals surface area (Å²) in [7, 11) is 0. The van der Waals surface area contributed by atoms with Crippen LogP contribution in [-0.4, -0.2) is 16.4 Å². The van der Waals surface area contributed by atoms with Gasteiger partial charge in [0.15, 0.2) is 5.58 Å². The molecule has 1 heterocycles. The molecule has 0 unspecified atom stereocenters. The maximum atomic E-state index is 12.0. The van der Waals surface area contributed by atoms with E-state index in [2.05, 4.69) is 10.9 Å². The summed E-state index contributed by atoms with van der Waals surface area (Å²) in [6, 6.07) is 13.0. The fourth-order valence-electron chi connectivity index (χ4n) is 2.18. The number of carbonyl (C=O) groups excluding carboxylic acids is 2. The third-order valence-corrected chi connectivity index (χ3v) is 3.51. The van der Waals surface area contributed by atoms with Crippen LogP contribution in [-0.2, 0) is 11.3 Å². The van der Waals surface area contributed by atoms with Crippen molar-refractivity contribution in [2.45, 2.75) is 6.54 Å². The monoisotopic (exact) mass is 345 g/mol. The van der Waals surface area contributed by atoms with Crippen LogP contribution in [0.5, 0.6) is 0 Å². The number of nitrogens with one attached hydrogen (secondary N) is 2. The zero-order chi connectivity index (χ0) is 17.1. The number of halogens is 1. The first kappa shape index (κ1) is 15.8. The van der Waals surface area contributed by atoms with Crippen LogP contribution in [0.15, 0.2) is 57.7 Å². The van der Waals surface area contributed by atoms with Gasteiger partial charge in [-0.1, -0.05) is 29.8 Å². The highest BCUT2D eigenvalue weighted by Crippen LogP contribution is 2.11. The van der Waals surface area contributed by atoms with Crippen molar-refractivity contribution in [2.24, 2.45) is 0 Å². The number of rotatable bonds is 3. The summed E-state index contributed by atoms with van der Waals surface area (Å²) in [5.74, 6) is -1.73. The van der Waals surface area contributed by atoms with Crippen molar-refractivity contribution in [3.63, 3.8) is 0 Å². The lowest BCUT2D eigenvalue weighted by Gasteiger charge is -2.08. The molecule has 3 aromatic rings. The minimum atomic E-state index is -0.646. The predicted molar refractivity (Wildman–Crippen MR) is 87.5 cm³/mol. The molecule has 2 aromatic carbocycles. The molecule has 0 saturated carbocycles. The molecule has 0 radical (unpaired) electrons.